The van der Waals surface area contributed by atoms with Crippen molar-refractivity contribution >= 4 is 34.0 Å². The molecule has 8 heteroatoms. The molecule has 7 nitrogen and oxygen atoms in total. The summed E-state index contributed by atoms with van der Waals surface area (Å²) >= 11 is 1.62. The van der Waals surface area contributed by atoms with Gasteiger partial charge < -0.3 is 19.4 Å². The van der Waals surface area contributed by atoms with Crippen molar-refractivity contribution in [1.29, 1.82) is 0 Å². The van der Waals surface area contributed by atoms with Crippen molar-refractivity contribution in [2.75, 3.05) is 49.1 Å². The molecule has 142 valence electrons. The smallest absolute Gasteiger partial charge is 0.260 e. The summed E-state index contributed by atoms with van der Waals surface area (Å²) in [6.45, 7) is 3.66. The van der Waals surface area contributed by atoms with E-state index in [1.54, 1.807) is 22.4 Å². The number of carbonyl (C=O) groups is 2. The van der Waals surface area contributed by atoms with Gasteiger partial charge in [-0.15, -0.1) is 11.3 Å². The van der Waals surface area contributed by atoms with E-state index in [4.69, 9.17) is 4.74 Å². The summed E-state index contributed by atoms with van der Waals surface area (Å²) in [4.78, 5) is 34.5. The van der Waals surface area contributed by atoms with Gasteiger partial charge in [0.1, 0.15) is 5.75 Å². The first-order chi connectivity index (χ1) is 13.2. The molecule has 2 saturated heterocycles. The van der Waals surface area contributed by atoms with Gasteiger partial charge >= 0.3 is 0 Å². The highest BCUT2D eigenvalue weighted by Gasteiger charge is 2.24. The maximum absolute atomic E-state index is 12.5. The molecule has 2 aromatic rings. The molecule has 0 radical (unpaired) electrons. The van der Waals surface area contributed by atoms with Gasteiger partial charge in [0.15, 0.2) is 11.7 Å². The fraction of sp³-hybridized carbons (Fsp3) is 0.421. The summed E-state index contributed by atoms with van der Waals surface area (Å²) in [5.74, 6) is 0.736. The second kappa shape index (κ2) is 7.96. The van der Waals surface area contributed by atoms with Gasteiger partial charge in [0.05, 0.1) is 0 Å². The van der Waals surface area contributed by atoms with E-state index in [1.807, 2.05) is 34.5 Å². The van der Waals surface area contributed by atoms with Crippen LogP contribution in [0, 0.1) is 0 Å². The zero-order chi connectivity index (χ0) is 18.6. The molecule has 0 N–H and O–H groups in total. The zero-order valence-electron chi connectivity index (χ0n) is 15.0. The van der Waals surface area contributed by atoms with Crippen LogP contribution in [-0.2, 0) is 9.59 Å². The first-order valence-electron chi connectivity index (χ1n) is 9.16. The number of amides is 2. The van der Waals surface area contributed by atoms with Gasteiger partial charge in [-0.25, -0.2) is 4.98 Å². The average Bonchev–Trinajstić information content (AvgIpc) is 3.38. The van der Waals surface area contributed by atoms with Gasteiger partial charge in [-0.05, 0) is 18.6 Å². The van der Waals surface area contributed by atoms with Crippen molar-refractivity contribution in [2.45, 2.75) is 12.8 Å². The van der Waals surface area contributed by atoms with Crippen molar-refractivity contribution in [3.8, 4) is 5.75 Å². The second-order valence-electron chi connectivity index (χ2n) is 6.62. The van der Waals surface area contributed by atoms with Gasteiger partial charge in [0.25, 0.3) is 5.91 Å². The maximum atomic E-state index is 12.5. The van der Waals surface area contributed by atoms with Crippen molar-refractivity contribution in [3.05, 3.63) is 35.8 Å². The van der Waals surface area contributed by atoms with Crippen LogP contribution >= 0.6 is 11.3 Å². The molecule has 0 unspecified atom stereocenters. The number of rotatable bonds is 5. The molecule has 4 rings (SSSR count). The predicted octanol–water partition coefficient (Wildman–Crippen LogP) is 2.00. The number of benzene rings is 1. The number of ether oxygens (including phenoxy) is 1. The highest BCUT2D eigenvalue weighted by Crippen LogP contribution is 2.25. The summed E-state index contributed by atoms with van der Waals surface area (Å²) < 4.78 is 5.70. The number of piperazine rings is 1. The third-order valence-electron chi connectivity index (χ3n) is 4.89. The van der Waals surface area contributed by atoms with Gasteiger partial charge in [0, 0.05) is 62.5 Å². The van der Waals surface area contributed by atoms with E-state index in [9.17, 15) is 9.59 Å². The molecule has 1 aromatic carbocycles. The molecule has 3 heterocycles. The highest BCUT2D eigenvalue weighted by atomic mass is 32.1. The minimum Gasteiger partial charge on any atom is -0.484 e. The van der Waals surface area contributed by atoms with Crippen molar-refractivity contribution in [1.82, 2.24) is 9.88 Å². The van der Waals surface area contributed by atoms with Gasteiger partial charge in [0.2, 0.25) is 5.91 Å². The van der Waals surface area contributed by atoms with E-state index in [-0.39, 0.29) is 18.4 Å². The minimum atomic E-state index is -0.0172. The first-order valence-corrected chi connectivity index (χ1v) is 10.0. The standard InChI is InChI=1S/C19H22N4O3S/c24-17-5-2-7-23(17)15-3-1-4-16(13-15)26-14-18(25)21-8-10-22(11-9-21)19-20-6-12-27-19/h1,3-4,6,12-13H,2,5,7-11,14H2. The number of hydrogen-bond donors (Lipinski definition) is 0. The second-order valence-corrected chi connectivity index (χ2v) is 7.49. The van der Waals surface area contributed by atoms with Gasteiger partial charge in [-0.3, -0.25) is 9.59 Å². The first kappa shape index (κ1) is 17.8. The molecule has 2 fully saturated rings. The predicted molar refractivity (Wildman–Crippen MR) is 104 cm³/mol. The van der Waals surface area contributed by atoms with Gasteiger partial charge in [-0.1, -0.05) is 6.07 Å². The maximum Gasteiger partial charge on any atom is 0.260 e. The molecule has 2 amide bonds. The quantitative estimate of drug-likeness (QED) is 0.786. The summed E-state index contributed by atoms with van der Waals surface area (Å²) in [6, 6.07) is 7.40. The van der Waals surface area contributed by atoms with E-state index in [2.05, 4.69) is 9.88 Å². The topological polar surface area (TPSA) is 66.0 Å². The molecule has 0 aliphatic carbocycles. The molecule has 2 aliphatic rings. The Bertz CT molecular complexity index is 803. The van der Waals surface area contributed by atoms with Crippen LogP contribution in [-0.4, -0.2) is 61.0 Å². The third-order valence-corrected chi connectivity index (χ3v) is 5.72. The highest BCUT2D eigenvalue weighted by molar-refractivity contribution is 7.13. The van der Waals surface area contributed by atoms with Crippen LogP contribution < -0.4 is 14.5 Å². The molecule has 0 atom stereocenters. The van der Waals surface area contributed by atoms with Crippen LogP contribution in [0.15, 0.2) is 35.8 Å². The lowest BCUT2D eigenvalue weighted by atomic mass is 10.2. The normalized spacial score (nSPS) is 17.5. The molecule has 0 spiro atoms. The Kier molecular flexibility index (Phi) is 5.24. The molecular weight excluding hydrogens is 364 g/mol. The molecule has 1 aromatic heterocycles. The molecular formula is C19H22N4O3S. The van der Waals surface area contributed by atoms with Crippen molar-refractivity contribution in [2.24, 2.45) is 0 Å². The monoisotopic (exact) mass is 386 g/mol. The van der Waals surface area contributed by atoms with Crippen molar-refractivity contribution in [3.63, 3.8) is 0 Å². The summed E-state index contributed by atoms with van der Waals surface area (Å²) in [5, 5.41) is 2.97. The summed E-state index contributed by atoms with van der Waals surface area (Å²) in [6.07, 6.45) is 3.28. The van der Waals surface area contributed by atoms with Crippen LogP contribution in [0.25, 0.3) is 0 Å². The molecule has 27 heavy (non-hydrogen) atoms. The zero-order valence-corrected chi connectivity index (χ0v) is 15.9. The van der Waals surface area contributed by atoms with E-state index in [1.165, 1.54) is 0 Å². The summed E-state index contributed by atoms with van der Waals surface area (Å²) in [5.41, 5.74) is 0.833. The Hall–Kier alpha value is -2.61. The number of aromatic nitrogens is 1. The fourth-order valence-corrected chi connectivity index (χ4v) is 4.11. The third kappa shape index (κ3) is 4.05. The van der Waals surface area contributed by atoms with Crippen molar-refractivity contribution < 1.29 is 14.3 Å². The Labute approximate surface area is 162 Å². The Morgan fingerprint density at radius 2 is 2.04 bits per heavy atom. The Morgan fingerprint density at radius 1 is 1.19 bits per heavy atom. The lowest BCUT2D eigenvalue weighted by Gasteiger charge is -2.34. The minimum absolute atomic E-state index is 0.00858. The number of hydrogen-bond acceptors (Lipinski definition) is 6. The Morgan fingerprint density at radius 3 is 2.74 bits per heavy atom. The van der Waals surface area contributed by atoms with Crippen LogP contribution in [0.4, 0.5) is 10.8 Å². The van der Waals surface area contributed by atoms with Crippen LogP contribution in [0.3, 0.4) is 0 Å². The number of anilines is 2. The molecule has 0 bridgehead atoms. The van der Waals surface area contributed by atoms with E-state index >= 15 is 0 Å². The van der Waals surface area contributed by atoms with Crippen LogP contribution in [0.1, 0.15) is 12.8 Å². The molecule has 0 saturated carbocycles. The lowest BCUT2D eigenvalue weighted by Crippen LogP contribution is -2.50. The van der Waals surface area contributed by atoms with E-state index in [0.29, 0.717) is 25.3 Å². The lowest BCUT2D eigenvalue weighted by molar-refractivity contribution is -0.133. The largest absolute Gasteiger partial charge is 0.484 e. The Balaban J connectivity index is 1.29. The van der Waals surface area contributed by atoms with Gasteiger partial charge in [-0.2, -0.15) is 0 Å². The fourth-order valence-electron chi connectivity index (χ4n) is 3.42. The van der Waals surface area contributed by atoms with E-state index < -0.39 is 0 Å². The van der Waals surface area contributed by atoms with Crippen LogP contribution in [0.5, 0.6) is 5.75 Å². The SMILES string of the molecule is O=C(COc1cccc(N2CCCC2=O)c1)N1CCN(c2nccs2)CC1. The van der Waals surface area contributed by atoms with E-state index in [0.717, 1.165) is 36.9 Å². The number of nitrogens with zero attached hydrogens (tertiary/aromatic N) is 4. The average molecular weight is 386 g/mol. The van der Waals surface area contributed by atoms with Crippen LogP contribution in [0.2, 0.25) is 0 Å². The number of thiazole rings is 1. The number of carbonyl (C=O) groups excluding carboxylic acids is 2. The summed E-state index contributed by atoms with van der Waals surface area (Å²) in [7, 11) is 0. The molecule has 2 aliphatic heterocycles.